The van der Waals surface area contributed by atoms with E-state index in [0.717, 1.165) is 11.8 Å². The lowest BCUT2D eigenvalue weighted by atomic mass is 10.1. The van der Waals surface area contributed by atoms with Gasteiger partial charge in [0.15, 0.2) is 0 Å². The number of hydrogen-bond acceptors (Lipinski definition) is 2. The molecule has 1 aromatic carbocycles. The largest absolute Gasteiger partial charge is 0.418 e. The highest BCUT2D eigenvalue weighted by Gasteiger charge is 2.34. The monoisotopic (exact) mass is 303 g/mol. The Morgan fingerprint density at radius 3 is 2.75 bits per heavy atom. The number of imidazole rings is 1. The van der Waals surface area contributed by atoms with Crippen molar-refractivity contribution in [2.45, 2.75) is 26.2 Å². The van der Waals surface area contributed by atoms with Gasteiger partial charge >= 0.3 is 6.18 Å². The molecule has 1 heterocycles. The van der Waals surface area contributed by atoms with Gasteiger partial charge in [-0.3, -0.25) is 0 Å². The third kappa shape index (κ3) is 3.07. The molecule has 1 aromatic heterocycles. The van der Waals surface area contributed by atoms with E-state index in [4.69, 9.17) is 11.6 Å². The van der Waals surface area contributed by atoms with E-state index in [2.05, 4.69) is 10.3 Å². The topological polar surface area (TPSA) is 29.9 Å². The fraction of sp³-hybridized carbons (Fsp3) is 0.308. The molecule has 108 valence electrons. The third-order valence-electron chi connectivity index (χ3n) is 2.90. The van der Waals surface area contributed by atoms with E-state index < -0.39 is 11.7 Å². The van der Waals surface area contributed by atoms with E-state index in [1.165, 1.54) is 12.1 Å². The molecule has 0 saturated carbocycles. The van der Waals surface area contributed by atoms with E-state index in [-0.39, 0.29) is 17.3 Å². The van der Waals surface area contributed by atoms with Gasteiger partial charge in [-0.15, -0.1) is 0 Å². The summed E-state index contributed by atoms with van der Waals surface area (Å²) in [7, 11) is 0. The smallest absolute Gasteiger partial charge is 0.378 e. The molecule has 0 saturated heterocycles. The molecule has 0 aliphatic carbocycles. The second-order valence-electron chi connectivity index (χ2n) is 4.18. The standard InChI is InChI=1S/C13H13ClF3N3/c1-2-20-8-18-6-9(20)7-19-12-10(13(15,16)17)4-3-5-11(12)14/h3-6,8,19H,2,7H2,1H3. The van der Waals surface area contributed by atoms with Crippen LogP contribution in [-0.2, 0) is 19.3 Å². The van der Waals surface area contributed by atoms with Crippen LogP contribution >= 0.6 is 11.6 Å². The first-order valence-electron chi connectivity index (χ1n) is 6.02. The second-order valence-corrected chi connectivity index (χ2v) is 4.59. The number of benzene rings is 1. The predicted octanol–water partition coefficient (Wildman–Crippen LogP) is 4.19. The van der Waals surface area contributed by atoms with Crippen LogP contribution in [0.25, 0.3) is 0 Å². The number of hydrogen-bond donors (Lipinski definition) is 1. The van der Waals surface area contributed by atoms with Crippen molar-refractivity contribution in [1.82, 2.24) is 9.55 Å². The molecule has 0 atom stereocenters. The van der Waals surface area contributed by atoms with E-state index in [9.17, 15) is 13.2 Å². The van der Waals surface area contributed by atoms with Gasteiger partial charge in [-0.05, 0) is 19.1 Å². The van der Waals surface area contributed by atoms with Crippen LogP contribution in [0.2, 0.25) is 5.02 Å². The lowest BCUT2D eigenvalue weighted by molar-refractivity contribution is -0.136. The molecule has 0 bridgehead atoms. The first-order valence-corrected chi connectivity index (χ1v) is 6.40. The Labute approximate surface area is 119 Å². The SMILES string of the molecule is CCn1cncc1CNc1c(Cl)cccc1C(F)(F)F. The van der Waals surface area contributed by atoms with Gasteiger partial charge in [-0.25, -0.2) is 4.98 Å². The molecule has 3 nitrogen and oxygen atoms in total. The average Bonchev–Trinajstić information content (AvgIpc) is 2.83. The molecule has 1 N–H and O–H groups in total. The number of para-hydroxylation sites is 1. The minimum Gasteiger partial charge on any atom is -0.378 e. The van der Waals surface area contributed by atoms with Crippen molar-refractivity contribution in [3.63, 3.8) is 0 Å². The van der Waals surface area contributed by atoms with Gasteiger partial charge in [0.2, 0.25) is 0 Å². The van der Waals surface area contributed by atoms with E-state index in [0.29, 0.717) is 6.54 Å². The van der Waals surface area contributed by atoms with Gasteiger partial charge < -0.3 is 9.88 Å². The molecule has 7 heteroatoms. The number of rotatable bonds is 4. The van der Waals surface area contributed by atoms with Gasteiger partial charge in [-0.2, -0.15) is 13.2 Å². The first-order chi connectivity index (χ1) is 9.43. The van der Waals surface area contributed by atoms with E-state index in [1.807, 2.05) is 11.5 Å². The number of aryl methyl sites for hydroxylation is 1. The Balaban J connectivity index is 2.25. The Bertz CT molecular complexity index is 593. The fourth-order valence-electron chi connectivity index (χ4n) is 1.90. The molecule has 0 spiro atoms. The zero-order chi connectivity index (χ0) is 14.8. The molecule has 0 aliphatic heterocycles. The minimum atomic E-state index is -4.45. The summed E-state index contributed by atoms with van der Waals surface area (Å²) in [6.07, 6.45) is -1.20. The number of alkyl halides is 3. The lowest BCUT2D eigenvalue weighted by Gasteiger charge is -2.16. The highest BCUT2D eigenvalue weighted by atomic mass is 35.5. The van der Waals surface area contributed by atoms with Crippen molar-refractivity contribution in [3.05, 3.63) is 47.0 Å². The summed E-state index contributed by atoms with van der Waals surface area (Å²) in [5, 5.41) is 2.80. The van der Waals surface area contributed by atoms with E-state index in [1.54, 1.807) is 12.5 Å². The Hall–Kier alpha value is -1.69. The maximum Gasteiger partial charge on any atom is 0.418 e. The molecular weight excluding hydrogens is 291 g/mol. The number of nitrogens with zero attached hydrogens (tertiary/aromatic N) is 2. The van der Waals surface area contributed by atoms with Crippen LogP contribution < -0.4 is 5.32 Å². The summed E-state index contributed by atoms with van der Waals surface area (Å²) in [6.45, 7) is 2.86. The quantitative estimate of drug-likeness (QED) is 0.918. The number of nitrogens with one attached hydrogen (secondary N) is 1. The summed E-state index contributed by atoms with van der Waals surface area (Å²) in [5.74, 6) is 0. The average molecular weight is 304 g/mol. The van der Waals surface area contributed by atoms with Crippen molar-refractivity contribution in [3.8, 4) is 0 Å². The normalized spacial score (nSPS) is 11.7. The third-order valence-corrected chi connectivity index (χ3v) is 3.22. The summed E-state index contributed by atoms with van der Waals surface area (Å²) in [6, 6.07) is 3.72. The van der Waals surface area contributed by atoms with Crippen LogP contribution in [0.1, 0.15) is 18.2 Å². The minimum absolute atomic E-state index is 0.0439. The molecule has 2 rings (SSSR count). The number of anilines is 1. The molecule has 2 aromatic rings. The van der Waals surface area contributed by atoms with Gasteiger partial charge in [0.25, 0.3) is 0 Å². The van der Waals surface area contributed by atoms with Crippen LogP contribution in [0, 0.1) is 0 Å². The fourth-order valence-corrected chi connectivity index (χ4v) is 2.14. The summed E-state index contributed by atoms with van der Waals surface area (Å²) < 4.78 is 40.6. The molecule has 0 fully saturated rings. The first kappa shape index (κ1) is 14.7. The zero-order valence-corrected chi connectivity index (χ0v) is 11.5. The highest BCUT2D eigenvalue weighted by Crippen LogP contribution is 2.38. The van der Waals surface area contributed by atoms with Crippen LogP contribution in [0.5, 0.6) is 0 Å². The number of halogens is 4. The highest BCUT2D eigenvalue weighted by molar-refractivity contribution is 6.33. The van der Waals surface area contributed by atoms with Crippen molar-refractivity contribution < 1.29 is 13.2 Å². The van der Waals surface area contributed by atoms with Crippen molar-refractivity contribution in [2.24, 2.45) is 0 Å². The van der Waals surface area contributed by atoms with Crippen molar-refractivity contribution in [1.29, 1.82) is 0 Å². The molecule has 0 aliphatic rings. The Morgan fingerprint density at radius 1 is 1.35 bits per heavy atom. The second kappa shape index (κ2) is 5.75. The molecule has 0 amide bonds. The van der Waals surface area contributed by atoms with Crippen LogP contribution in [-0.4, -0.2) is 9.55 Å². The lowest BCUT2D eigenvalue weighted by Crippen LogP contribution is -2.12. The summed E-state index contributed by atoms with van der Waals surface area (Å²) in [5.41, 5.74) is -0.0846. The van der Waals surface area contributed by atoms with Crippen molar-refractivity contribution >= 4 is 17.3 Å². The number of aromatic nitrogens is 2. The molecule has 0 unspecified atom stereocenters. The Morgan fingerprint density at radius 2 is 2.10 bits per heavy atom. The maximum absolute atomic E-state index is 12.9. The Kier molecular flexibility index (Phi) is 4.23. The van der Waals surface area contributed by atoms with Gasteiger partial charge in [0.05, 0.1) is 34.8 Å². The van der Waals surface area contributed by atoms with Gasteiger partial charge in [0.1, 0.15) is 0 Å². The molecule has 20 heavy (non-hydrogen) atoms. The van der Waals surface area contributed by atoms with Crippen LogP contribution in [0.3, 0.4) is 0 Å². The van der Waals surface area contributed by atoms with Crippen LogP contribution in [0.4, 0.5) is 18.9 Å². The molecule has 0 radical (unpaired) electrons. The molecular formula is C13H13ClF3N3. The van der Waals surface area contributed by atoms with Gasteiger partial charge in [0, 0.05) is 12.7 Å². The predicted molar refractivity (Wildman–Crippen MR) is 71.7 cm³/mol. The van der Waals surface area contributed by atoms with Crippen molar-refractivity contribution in [2.75, 3.05) is 5.32 Å². The summed E-state index contributed by atoms with van der Waals surface area (Å²) in [4.78, 5) is 3.97. The maximum atomic E-state index is 12.9. The van der Waals surface area contributed by atoms with Crippen LogP contribution in [0.15, 0.2) is 30.7 Å². The van der Waals surface area contributed by atoms with Gasteiger partial charge in [-0.1, -0.05) is 17.7 Å². The zero-order valence-electron chi connectivity index (χ0n) is 10.7. The van der Waals surface area contributed by atoms with E-state index >= 15 is 0 Å². The summed E-state index contributed by atoms with van der Waals surface area (Å²) >= 11 is 5.86.